The number of carbonyl (C=O) groups is 2. The number of piperidine rings is 1. The summed E-state index contributed by atoms with van der Waals surface area (Å²) in [7, 11) is 0. The van der Waals surface area contributed by atoms with E-state index in [2.05, 4.69) is 0 Å². The van der Waals surface area contributed by atoms with Crippen LogP contribution in [0.25, 0.3) is 0 Å². The number of carbonyl (C=O) groups excluding carboxylic acids is 1. The Morgan fingerprint density at radius 1 is 1.35 bits per heavy atom. The lowest BCUT2D eigenvalue weighted by atomic mass is 9.90. The first kappa shape index (κ1) is 11.6. The first-order valence-electron chi connectivity index (χ1n) is 5.71. The van der Waals surface area contributed by atoms with Crippen molar-refractivity contribution in [3.63, 3.8) is 0 Å². The first-order chi connectivity index (χ1) is 8.16. The zero-order chi connectivity index (χ0) is 12.3. The Morgan fingerprint density at radius 3 is 2.71 bits per heavy atom. The molecule has 90 valence electrons. The summed E-state index contributed by atoms with van der Waals surface area (Å²) in [5, 5.41) is 8.92. The van der Waals surface area contributed by atoms with Gasteiger partial charge in [0.2, 0.25) is 0 Å². The molecular weight excluding hydrogens is 218 g/mol. The average molecular weight is 233 g/mol. The minimum absolute atomic E-state index is 0.173. The van der Waals surface area contributed by atoms with Gasteiger partial charge in [0.05, 0.1) is 0 Å². The zero-order valence-corrected chi connectivity index (χ0v) is 9.50. The largest absolute Gasteiger partial charge is 0.465 e. The highest BCUT2D eigenvalue weighted by Crippen LogP contribution is 2.18. The Hall–Kier alpha value is -1.84. The Bertz CT molecular complexity index is 416. The van der Waals surface area contributed by atoms with Crippen molar-refractivity contribution in [2.24, 2.45) is 5.92 Å². The van der Waals surface area contributed by atoms with Gasteiger partial charge in [-0.25, -0.2) is 4.79 Å². The molecule has 1 aliphatic rings. The van der Waals surface area contributed by atoms with Crippen molar-refractivity contribution in [3.8, 4) is 0 Å². The van der Waals surface area contributed by atoms with Crippen molar-refractivity contribution < 1.29 is 14.7 Å². The van der Waals surface area contributed by atoms with E-state index < -0.39 is 6.09 Å². The maximum absolute atomic E-state index is 11.7. The number of benzene rings is 1. The zero-order valence-electron chi connectivity index (χ0n) is 9.50. The number of Topliss-reactive ketones (excluding diaryl/α,β-unsaturated/α-hetero) is 1. The molecule has 1 aromatic carbocycles. The van der Waals surface area contributed by atoms with Gasteiger partial charge in [-0.2, -0.15) is 0 Å². The molecule has 1 aliphatic heterocycles. The lowest BCUT2D eigenvalue weighted by molar-refractivity contribution is -0.125. The monoisotopic (exact) mass is 233 g/mol. The first-order valence-corrected chi connectivity index (χ1v) is 5.71. The highest BCUT2D eigenvalue weighted by Gasteiger charge is 2.29. The third-order valence-corrected chi connectivity index (χ3v) is 3.12. The van der Waals surface area contributed by atoms with Gasteiger partial charge in [0.25, 0.3) is 0 Å². The van der Waals surface area contributed by atoms with Gasteiger partial charge >= 0.3 is 6.09 Å². The summed E-state index contributed by atoms with van der Waals surface area (Å²) >= 11 is 0. The van der Waals surface area contributed by atoms with E-state index >= 15 is 0 Å². The van der Waals surface area contributed by atoms with Crippen LogP contribution in [0, 0.1) is 5.92 Å². The van der Waals surface area contributed by atoms with Gasteiger partial charge in [-0.1, -0.05) is 30.3 Å². The lowest BCUT2D eigenvalue weighted by Gasteiger charge is -2.29. The van der Waals surface area contributed by atoms with Crippen molar-refractivity contribution in [2.45, 2.75) is 12.8 Å². The van der Waals surface area contributed by atoms with Crippen molar-refractivity contribution >= 4 is 11.9 Å². The Balaban J connectivity index is 2.04. The number of rotatable bonds is 2. The van der Waals surface area contributed by atoms with E-state index in [-0.39, 0.29) is 11.7 Å². The lowest BCUT2D eigenvalue weighted by Crippen LogP contribution is -2.44. The third-order valence-electron chi connectivity index (χ3n) is 3.12. The Labute approximate surface area is 99.9 Å². The van der Waals surface area contributed by atoms with Crippen LogP contribution >= 0.6 is 0 Å². The molecule has 1 aromatic rings. The molecule has 0 aromatic heterocycles. The molecule has 17 heavy (non-hydrogen) atoms. The van der Waals surface area contributed by atoms with Crippen LogP contribution < -0.4 is 0 Å². The van der Waals surface area contributed by atoms with Gasteiger partial charge in [0.15, 0.2) is 0 Å². The van der Waals surface area contributed by atoms with Gasteiger partial charge in [-0.05, 0) is 12.0 Å². The van der Waals surface area contributed by atoms with Crippen LogP contribution in [0.5, 0.6) is 0 Å². The molecule has 0 bridgehead atoms. The Morgan fingerprint density at radius 2 is 2.06 bits per heavy atom. The molecular formula is C13H15NO3. The van der Waals surface area contributed by atoms with Crippen LogP contribution in [-0.4, -0.2) is 35.0 Å². The van der Waals surface area contributed by atoms with Crippen LogP contribution in [0.15, 0.2) is 30.3 Å². The number of nitrogens with zero attached hydrogens (tertiary/aromatic N) is 1. The molecule has 0 radical (unpaired) electrons. The molecule has 4 nitrogen and oxygen atoms in total. The van der Waals surface area contributed by atoms with Gasteiger partial charge < -0.3 is 10.0 Å². The molecule has 1 heterocycles. The molecule has 2 rings (SSSR count). The fourth-order valence-electron chi connectivity index (χ4n) is 2.16. The maximum Gasteiger partial charge on any atom is 0.407 e. The van der Waals surface area contributed by atoms with E-state index in [1.807, 2.05) is 30.3 Å². The highest BCUT2D eigenvalue weighted by atomic mass is 16.4. The van der Waals surface area contributed by atoms with E-state index in [1.54, 1.807) is 0 Å². The molecule has 1 amide bonds. The standard InChI is InChI=1S/C13H15NO3/c15-12-6-7-14(13(16)17)9-11(12)8-10-4-2-1-3-5-10/h1-5,11H,6-9H2,(H,16,17)/t11-/m1/s1. The van der Waals surface area contributed by atoms with Crippen molar-refractivity contribution in [3.05, 3.63) is 35.9 Å². The number of hydrogen-bond acceptors (Lipinski definition) is 2. The number of likely N-dealkylation sites (tertiary alicyclic amines) is 1. The van der Waals surface area contributed by atoms with Crippen LogP contribution in [0.3, 0.4) is 0 Å². The summed E-state index contributed by atoms with van der Waals surface area (Å²) in [6, 6.07) is 9.71. The highest BCUT2D eigenvalue weighted by molar-refractivity contribution is 5.84. The van der Waals surface area contributed by atoms with Crippen molar-refractivity contribution in [2.75, 3.05) is 13.1 Å². The van der Waals surface area contributed by atoms with Gasteiger partial charge in [-0.3, -0.25) is 4.79 Å². The van der Waals surface area contributed by atoms with Crippen LogP contribution in [-0.2, 0) is 11.2 Å². The Kier molecular flexibility index (Phi) is 3.42. The molecule has 1 fully saturated rings. The molecule has 1 atom stereocenters. The minimum atomic E-state index is -0.935. The molecule has 0 aliphatic carbocycles. The normalized spacial score (nSPS) is 20.4. The van der Waals surface area contributed by atoms with Crippen LogP contribution in [0.1, 0.15) is 12.0 Å². The number of carboxylic acid groups (broad SMARTS) is 1. The van der Waals surface area contributed by atoms with E-state index in [0.717, 1.165) is 5.56 Å². The van der Waals surface area contributed by atoms with E-state index in [9.17, 15) is 9.59 Å². The molecule has 0 spiro atoms. The summed E-state index contributed by atoms with van der Waals surface area (Å²) in [6.07, 6.45) is 0.0309. The molecule has 0 unspecified atom stereocenters. The summed E-state index contributed by atoms with van der Waals surface area (Å²) < 4.78 is 0. The fourth-order valence-corrected chi connectivity index (χ4v) is 2.16. The smallest absolute Gasteiger partial charge is 0.407 e. The quantitative estimate of drug-likeness (QED) is 0.847. The van der Waals surface area contributed by atoms with Gasteiger partial charge in [0, 0.05) is 25.4 Å². The van der Waals surface area contributed by atoms with Crippen molar-refractivity contribution in [1.82, 2.24) is 4.90 Å². The number of amides is 1. The van der Waals surface area contributed by atoms with Gasteiger partial charge in [-0.15, -0.1) is 0 Å². The van der Waals surface area contributed by atoms with E-state index in [1.165, 1.54) is 4.90 Å². The van der Waals surface area contributed by atoms with E-state index in [0.29, 0.717) is 25.9 Å². The second-order valence-electron chi connectivity index (χ2n) is 4.33. The minimum Gasteiger partial charge on any atom is -0.465 e. The predicted octanol–water partition coefficient (Wildman–Crippen LogP) is 1.80. The second kappa shape index (κ2) is 4.99. The van der Waals surface area contributed by atoms with Gasteiger partial charge in [0.1, 0.15) is 5.78 Å². The topological polar surface area (TPSA) is 57.6 Å². The average Bonchev–Trinajstić information content (AvgIpc) is 2.33. The number of hydrogen-bond donors (Lipinski definition) is 1. The summed E-state index contributed by atoms with van der Waals surface area (Å²) in [5.74, 6) is -0.0198. The summed E-state index contributed by atoms with van der Waals surface area (Å²) in [4.78, 5) is 23.9. The molecule has 1 saturated heterocycles. The van der Waals surface area contributed by atoms with E-state index in [4.69, 9.17) is 5.11 Å². The second-order valence-corrected chi connectivity index (χ2v) is 4.33. The van der Waals surface area contributed by atoms with Crippen molar-refractivity contribution in [1.29, 1.82) is 0 Å². The fraction of sp³-hybridized carbons (Fsp3) is 0.385. The maximum atomic E-state index is 11.7. The van der Waals surface area contributed by atoms with Crippen LogP contribution in [0.2, 0.25) is 0 Å². The van der Waals surface area contributed by atoms with Crippen LogP contribution in [0.4, 0.5) is 4.79 Å². The molecule has 1 N–H and O–H groups in total. The SMILES string of the molecule is O=C1CCN(C(=O)O)C[C@H]1Cc1ccccc1. The molecule has 0 saturated carbocycles. The number of ketones is 1. The summed E-state index contributed by atoms with van der Waals surface area (Å²) in [5.41, 5.74) is 1.08. The third kappa shape index (κ3) is 2.84. The summed E-state index contributed by atoms with van der Waals surface area (Å²) in [6.45, 7) is 0.655. The predicted molar refractivity (Wildman–Crippen MR) is 62.9 cm³/mol. The molecule has 4 heteroatoms.